The summed E-state index contributed by atoms with van der Waals surface area (Å²) in [5.74, 6) is -0.719. The van der Waals surface area contributed by atoms with E-state index in [2.05, 4.69) is 16.0 Å². The molecule has 0 spiro atoms. The van der Waals surface area contributed by atoms with Gasteiger partial charge in [-0.25, -0.2) is 4.79 Å². The van der Waals surface area contributed by atoms with Crippen LogP contribution in [0.4, 0.5) is 10.5 Å². The molecule has 1 rings (SSSR count). The summed E-state index contributed by atoms with van der Waals surface area (Å²) in [5, 5.41) is 7.70. The number of carbonyl (C=O) groups is 3. The number of anilines is 1. The zero-order valence-corrected chi connectivity index (χ0v) is 16.7. The number of methoxy groups -OCH3 is 1. The highest BCUT2D eigenvalue weighted by molar-refractivity contribution is 5.96. The molecule has 3 N–H and O–H groups in total. The molecule has 0 atom stereocenters. The highest BCUT2D eigenvalue weighted by atomic mass is 16.5. The van der Waals surface area contributed by atoms with Gasteiger partial charge in [0.05, 0.1) is 19.7 Å². The van der Waals surface area contributed by atoms with Gasteiger partial charge in [-0.15, -0.1) is 0 Å². The van der Waals surface area contributed by atoms with E-state index < -0.39 is 11.9 Å². The summed E-state index contributed by atoms with van der Waals surface area (Å²) in [7, 11) is 1.55. The van der Waals surface area contributed by atoms with Gasteiger partial charge in [0.15, 0.2) is 0 Å². The second kappa shape index (κ2) is 11.3. The van der Waals surface area contributed by atoms with Crippen LogP contribution in [-0.2, 0) is 14.3 Å². The quantitative estimate of drug-likeness (QED) is 0.604. The number of aryl methyl sites for hydroxylation is 1. The van der Waals surface area contributed by atoms with Crippen LogP contribution in [0.2, 0.25) is 0 Å². The number of ether oxygens (including phenoxy) is 1. The first-order valence-electron chi connectivity index (χ1n) is 8.90. The molecular formula is C19H30N4O4. The minimum absolute atomic E-state index is 0.00988. The van der Waals surface area contributed by atoms with Crippen LogP contribution >= 0.6 is 0 Å². The lowest BCUT2D eigenvalue weighted by Gasteiger charge is -2.21. The van der Waals surface area contributed by atoms with Crippen molar-refractivity contribution in [3.63, 3.8) is 0 Å². The number of benzene rings is 1. The molecule has 0 saturated carbocycles. The van der Waals surface area contributed by atoms with Crippen LogP contribution in [0.3, 0.4) is 0 Å². The fraction of sp³-hybridized carbons (Fsp3) is 0.526. The molecule has 0 aliphatic rings. The Bertz CT molecular complexity index is 661. The molecule has 27 heavy (non-hydrogen) atoms. The van der Waals surface area contributed by atoms with Gasteiger partial charge in [0.1, 0.15) is 0 Å². The predicted octanol–water partition coefficient (Wildman–Crippen LogP) is 1.42. The summed E-state index contributed by atoms with van der Waals surface area (Å²) < 4.78 is 5.04. The minimum Gasteiger partial charge on any atom is -0.383 e. The summed E-state index contributed by atoms with van der Waals surface area (Å²) >= 11 is 0. The zero-order valence-electron chi connectivity index (χ0n) is 16.7. The smallest absolute Gasteiger partial charge is 0.321 e. The third-order valence-electron chi connectivity index (χ3n) is 3.90. The van der Waals surface area contributed by atoms with Crippen molar-refractivity contribution in [1.82, 2.24) is 15.5 Å². The molecular weight excluding hydrogens is 348 g/mol. The SMILES string of the molecule is COCCN(CC(=O)NC(=O)NC(C)C)CC(=O)Nc1cccc(C)c1C. The summed E-state index contributed by atoms with van der Waals surface area (Å²) in [4.78, 5) is 37.7. The van der Waals surface area contributed by atoms with E-state index in [1.54, 1.807) is 25.9 Å². The maximum Gasteiger partial charge on any atom is 0.321 e. The van der Waals surface area contributed by atoms with E-state index in [0.29, 0.717) is 13.2 Å². The Kier molecular flexibility index (Phi) is 9.46. The van der Waals surface area contributed by atoms with Crippen LogP contribution in [0.5, 0.6) is 0 Å². The number of amides is 4. The maximum absolute atomic E-state index is 12.4. The molecule has 1 aromatic carbocycles. The molecule has 150 valence electrons. The summed E-state index contributed by atoms with van der Waals surface area (Å²) in [6.45, 7) is 8.18. The lowest BCUT2D eigenvalue weighted by molar-refractivity contribution is -0.122. The molecule has 0 heterocycles. The highest BCUT2D eigenvalue weighted by Gasteiger charge is 2.17. The standard InChI is InChI=1S/C19H30N4O4/c1-13(2)20-19(26)22-18(25)12-23(9-10-27-5)11-17(24)21-16-8-6-7-14(3)15(16)4/h6-8,13H,9-12H2,1-5H3,(H,21,24)(H2,20,22,25,26). The molecule has 0 aliphatic heterocycles. The Hall–Kier alpha value is -2.45. The van der Waals surface area contributed by atoms with Gasteiger partial charge in [0, 0.05) is 25.4 Å². The molecule has 0 saturated heterocycles. The van der Waals surface area contributed by atoms with Crippen LogP contribution in [0.25, 0.3) is 0 Å². The van der Waals surface area contributed by atoms with E-state index in [0.717, 1.165) is 16.8 Å². The van der Waals surface area contributed by atoms with Gasteiger partial charge in [-0.2, -0.15) is 0 Å². The van der Waals surface area contributed by atoms with E-state index in [1.807, 2.05) is 32.0 Å². The van der Waals surface area contributed by atoms with E-state index >= 15 is 0 Å². The number of carbonyl (C=O) groups excluding carboxylic acids is 3. The Balaban J connectivity index is 2.65. The predicted molar refractivity (Wildman–Crippen MR) is 105 cm³/mol. The lowest BCUT2D eigenvalue weighted by atomic mass is 10.1. The van der Waals surface area contributed by atoms with Crippen molar-refractivity contribution >= 4 is 23.5 Å². The Morgan fingerprint density at radius 2 is 1.78 bits per heavy atom. The third-order valence-corrected chi connectivity index (χ3v) is 3.90. The van der Waals surface area contributed by atoms with Gasteiger partial charge < -0.3 is 15.4 Å². The van der Waals surface area contributed by atoms with Crippen molar-refractivity contribution in [2.24, 2.45) is 0 Å². The van der Waals surface area contributed by atoms with Gasteiger partial charge in [0.25, 0.3) is 0 Å². The van der Waals surface area contributed by atoms with Crippen LogP contribution in [-0.4, -0.2) is 62.1 Å². The molecule has 0 unspecified atom stereocenters. The second-order valence-electron chi connectivity index (χ2n) is 6.68. The Morgan fingerprint density at radius 3 is 2.41 bits per heavy atom. The van der Waals surface area contributed by atoms with Gasteiger partial charge >= 0.3 is 6.03 Å². The summed E-state index contributed by atoms with van der Waals surface area (Å²) in [5.41, 5.74) is 2.82. The van der Waals surface area contributed by atoms with E-state index in [-0.39, 0.29) is 25.0 Å². The number of hydrogen-bond donors (Lipinski definition) is 3. The van der Waals surface area contributed by atoms with Gasteiger partial charge in [-0.05, 0) is 44.9 Å². The van der Waals surface area contributed by atoms with Gasteiger partial charge in [-0.3, -0.25) is 19.8 Å². The fourth-order valence-corrected chi connectivity index (χ4v) is 2.38. The monoisotopic (exact) mass is 378 g/mol. The number of rotatable bonds is 9. The van der Waals surface area contributed by atoms with Crippen LogP contribution in [0, 0.1) is 13.8 Å². The van der Waals surface area contributed by atoms with Crippen molar-refractivity contribution in [3.05, 3.63) is 29.3 Å². The number of hydrogen-bond acceptors (Lipinski definition) is 5. The minimum atomic E-state index is -0.554. The third kappa shape index (κ3) is 8.65. The number of urea groups is 1. The van der Waals surface area contributed by atoms with Crippen LogP contribution < -0.4 is 16.0 Å². The van der Waals surface area contributed by atoms with Crippen LogP contribution in [0.1, 0.15) is 25.0 Å². The van der Waals surface area contributed by atoms with Crippen molar-refractivity contribution in [1.29, 1.82) is 0 Å². The average Bonchev–Trinajstić information content (AvgIpc) is 2.55. The largest absolute Gasteiger partial charge is 0.383 e. The van der Waals surface area contributed by atoms with Crippen LogP contribution in [0.15, 0.2) is 18.2 Å². The first-order chi connectivity index (χ1) is 12.7. The first-order valence-corrected chi connectivity index (χ1v) is 8.90. The first kappa shape index (κ1) is 22.6. The molecule has 8 nitrogen and oxygen atoms in total. The maximum atomic E-state index is 12.4. The van der Waals surface area contributed by atoms with Crippen molar-refractivity contribution in [2.75, 3.05) is 38.7 Å². The van der Waals surface area contributed by atoms with Crippen molar-refractivity contribution in [2.45, 2.75) is 33.7 Å². The molecule has 0 bridgehead atoms. The van der Waals surface area contributed by atoms with Crippen molar-refractivity contribution in [3.8, 4) is 0 Å². The normalized spacial score (nSPS) is 10.8. The van der Waals surface area contributed by atoms with Gasteiger partial charge in [0.2, 0.25) is 11.8 Å². The number of nitrogens with one attached hydrogen (secondary N) is 3. The molecule has 4 amide bonds. The molecule has 8 heteroatoms. The van der Waals surface area contributed by atoms with Gasteiger partial charge in [-0.1, -0.05) is 12.1 Å². The fourth-order valence-electron chi connectivity index (χ4n) is 2.38. The molecule has 0 fully saturated rings. The molecule has 1 aromatic rings. The number of imide groups is 1. The average molecular weight is 378 g/mol. The van der Waals surface area contributed by atoms with E-state index in [1.165, 1.54) is 0 Å². The molecule has 0 aromatic heterocycles. The Labute approximate surface area is 160 Å². The molecule has 0 aliphatic carbocycles. The summed E-state index contributed by atoms with van der Waals surface area (Å²) in [6, 6.07) is 5.05. The van der Waals surface area contributed by atoms with E-state index in [4.69, 9.17) is 4.74 Å². The molecule has 0 radical (unpaired) electrons. The lowest BCUT2D eigenvalue weighted by Crippen LogP contribution is -2.48. The van der Waals surface area contributed by atoms with E-state index in [9.17, 15) is 14.4 Å². The topological polar surface area (TPSA) is 99.8 Å². The highest BCUT2D eigenvalue weighted by Crippen LogP contribution is 2.17. The summed E-state index contributed by atoms with van der Waals surface area (Å²) in [6.07, 6.45) is 0. The zero-order chi connectivity index (χ0) is 20.4. The Morgan fingerprint density at radius 1 is 1.11 bits per heavy atom. The van der Waals surface area contributed by atoms with Crippen molar-refractivity contribution < 1.29 is 19.1 Å². The number of nitrogens with zero attached hydrogens (tertiary/aromatic N) is 1. The second-order valence-corrected chi connectivity index (χ2v) is 6.68.